The summed E-state index contributed by atoms with van der Waals surface area (Å²) in [6.45, 7) is 0.520. The lowest BCUT2D eigenvalue weighted by Gasteiger charge is -2.29. The van der Waals surface area contributed by atoms with E-state index >= 15 is 0 Å². The lowest BCUT2D eigenvalue weighted by molar-refractivity contribution is -0.384. The summed E-state index contributed by atoms with van der Waals surface area (Å²) in [6, 6.07) is 10.7. The molecule has 2 aromatic carbocycles. The molecule has 1 aliphatic rings. The Morgan fingerprint density at radius 3 is 2.68 bits per heavy atom. The Balaban J connectivity index is 1.95. The molecular weight excluding hydrogens is 324 g/mol. The van der Waals surface area contributed by atoms with Gasteiger partial charge in [0.25, 0.3) is 11.6 Å². The van der Waals surface area contributed by atoms with E-state index in [9.17, 15) is 19.7 Å². The maximum absolute atomic E-state index is 12.8. The molecule has 0 N–H and O–H groups in total. The van der Waals surface area contributed by atoms with Crippen molar-refractivity contribution in [1.29, 1.82) is 0 Å². The predicted octanol–water partition coefficient (Wildman–Crippen LogP) is 2.97. The normalized spacial score (nSPS) is 13.1. The Morgan fingerprint density at radius 1 is 1.16 bits per heavy atom. The highest BCUT2D eigenvalue weighted by Gasteiger charge is 2.25. The largest absolute Gasteiger partial charge is 0.465 e. The second-order valence-electron chi connectivity index (χ2n) is 5.70. The summed E-state index contributed by atoms with van der Waals surface area (Å²) in [5.41, 5.74) is 2.18. The Bertz CT molecular complexity index is 862. The number of hydrogen-bond acceptors (Lipinski definition) is 5. The monoisotopic (exact) mass is 340 g/mol. The molecule has 1 amide bonds. The van der Waals surface area contributed by atoms with Gasteiger partial charge in [-0.2, -0.15) is 0 Å². The minimum absolute atomic E-state index is 0.121. The number of anilines is 1. The number of ether oxygens (including phenoxy) is 1. The highest BCUT2D eigenvalue weighted by atomic mass is 16.6. The molecule has 2 aromatic rings. The first-order valence-corrected chi connectivity index (χ1v) is 7.79. The number of esters is 1. The topological polar surface area (TPSA) is 89.8 Å². The third kappa shape index (κ3) is 3.21. The fourth-order valence-corrected chi connectivity index (χ4v) is 2.96. The zero-order valence-corrected chi connectivity index (χ0v) is 13.6. The van der Waals surface area contributed by atoms with Crippen molar-refractivity contribution in [1.82, 2.24) is 0 Å². The van der Waals surface area contributed by atoms with E-state index in [1.165, 1.54) is 25.3 Å². The molecule has 0 spiro atoms. The fraction of sp³-hybridized carbons (Fsp3) is 0.222. The van der Waals surface area contributed by atoms with Crippen molar-refractivity contribution < 1.29 is 19.2 Å². The van der Waals surface area contributed by atoms with E-state index in [1.54, 1.807) is 29.2 Å². The van der Waals surface area contributed by atoms with E-state index in [-0.39, 0.29) is 17.2 Å². The maximum atomic E-state index is 12.8. The average molecular weight is 340 g/mol. The number of rotatable bonds is 3. The first-order valence-electron chi connectivity index (χ1n) is 7.79. The summed E-state index contributed by atoms with van der Waals surface area (Å²) in [5, 5.41) is 10.9. The number of carbonyl (C=O) groups is 2. The minimum atomic E-state index is -0.524. The SMILES string of the molecule is COC(=O)c1ccc2c(c1)CCCN2C(=O)c1cccc([N+](=O)[O-])c1. The lowest BCUT2D eigenvalue weighted by Crippen LogP contribution is -2.35. The van der Waals surface area contributed by atoms with Gasteiger partial charge in [-0.3, -0.25) is 14.9 Å². The van der Waals surface area contributed by atoms with Crippen LogP contribution in [0.1, 0.15) is 32.7 Å². The van der Waals surface area contributed by atoms with Crippen LogP contribution in [0.15, 0.2) is 42.5 Å². The van der Waals surface area contributed by atoms with Crippen LogP contribution in [-0.4, -0.2) is 30.5 Å². The number of fused-ring (bicyclic) bond motifs is 1. The minimum Gasteiger partial charge on any atom is -0.465 e. The van der Waals surface area contributed by atoms with Gasteiger partial charge >= 0.3 is 5.97 Å². The molecule has 1 aliphatic heterocycles. The van der Waals surface area contributed by atoms with Gasteiger partial charge in [0.05, 0.1) is 17.6 Å². The van der Waals surface area contributed by atoms with Crippen molar-refractivity contribution in [3.63, 3.8) is 0 Å². The fourth-order valence-electron chi connectivity index (χ4n) is 2.96. The van der Waals surface area contributed by atoms with Gasteiger partial charge in [-0.05, 0) is 42.7 Å². The van der Waals surface area contributed by atoms with Crippen molar-refractivity contribution in [2.45, 2.75) is 12.8 Å². The number of carbonyl (C=O) groups excluding carboxylic acids is 2. The van der Waals surface area contributed by atoms with Crippen LogP contribution in [0.5, 0.6) is 0 Å². The molecular formula is C18H16N2O5. The quantitative estimate of drug-likeness (QED) is 0.487. The van der Waals surface area contributed by atoms with Crippen LogP contribution in [0.3, 0.4) is 0 Å². The van der Waals surface area contributed by atoms with Crippen LogP contribution >= 0.6 is 0 Å². The van der Waals surface area contributed by atoms with Crippen LogP contribution in [0.25, 0.3) is 0 Å². The van der Waals surface area contributed by atoms with Crippen LogP contribution in [0, 0.1) is 10.1 Å². The molecule has 0 radical (unpaired) electrons. The predicted molar refractivity (Wildman–Crippen MR) is 90.9 cm³/mol. The molecule has 0 aromatic heterocycles. The van der Waals surface area contributed by atoms with Crippen LogP contribution in [0.2, 0.25) is 0 Å². The van der Waals surface area contributed by atoms with Gasteiger partial charge in [0.15, 0.2) is 0 Å². The van der Waals surface area contributed by atoms with Crippen LogP contribution in [-0.2, 0) is 11.2 Å². The molecule has 0 aliphatic carbocycles. The van der Waals surface area contributed by atoms with E-state index < -0.39 is 10.9 Å². The number of non-ortho nitro benzene ring substituents is 1. The Morgan fingerprint density at radius 2 is 1.96 bits per heavy atom. The van der Waals surface area contributed by atoms with Gasteiger partial charge in [0.1, 0.15) is 0 Å². The summed E-state index contributed by atoms with van der Waals surface area (Å²) in [4.78, 5) is 36.5. The van der Waals surface area contributed by atoms with Crippen molar-refractivity contribution in [3.05, 3.63) is 69.3 Å². The van der Waals surface area contributed by atoms with Crippen LogP contribution in [0.4, 0.5) is 11.4 Å². The molecule has 0 atom stereocenters. The average Bonchev–Trinajstić information content (AvgIpc) is 2.65. The molecule has 0 unspecified atom stereocenters. The summed E-state index contributed by atoms with van der Waals surface area (Å²) in [5.74, 6) is -0.722. The van der Waals surface area contributed by atoms with E-state index in [0.29, 0.717) is 12.1 Å². The molecule has 1 heterocycles. The van der Waals surface area contributed by atoms with Crippen molar-refractivity contribution in [2.75, 3.05) is 18.6 Å². The Hall–Kier alpha value is -3.22. The molecule has 3 rings (SSSR count). The number of nitro groups is 1. The zero-order valence-electron chi connectivity index (χ0n) is 13.6. The van der Waals surface area contributed by atoms with Gasteiger partial charge in [-0.25, -0.2) is 4.79 Å². The third-order valence-corrected chi connectivity index (χ3v) is 4.17. The van der Waals surface area contributed by atoms with E-state index in [4.69, 9.17) is 4.74 Å². The Kier molecular flexibility index (Phi) is 4.47. The van der Waals surface area contributed by atoms with E-state index in [1.807, 2.05) is 0 Å². The van der Waals surface area contributed by atoms with Gasteiger partial charge in [0.2, 0.25) is 0 Å². The molecule has 128 valence electrons. The summed E-state index contributed by atoms with van der Waals surface area (Å²) in [6.07, 6.45) is 1.50. The third-order valence-electron chi connectivity index (χ3n) is 4.17. The number of hydrogen-bond donors (Lipinski definition) is 0. The number of aryl methyl sites for hydroxylation is 1. The molecule has 0 fully saturated rings. The van der Waals surface area contributed by atoms with Gasteiger partial charge in [0, 0.05) is 29.9 Å². The van der Waals surface area contributed by atoms with Gasteiger partial charge in [-0.1, -0.05) is 6.07 Å². The standard InChI is InChI=1S/C18H16N2O5/c1-25-18(22)14-7-8-16-12(10-14)5-3-9-19(16)17(21)13-4-2-6-15(11-13)20(23)24/h2,4,6-8,10-11H,3,5,9H2,1H3. The summed E-state index contributed by atoms with van der Waals surface area (Å²) < 4.78 is 4.72. The highest BCUT2D eigenvalue weighted by molar-refractivity contribution is 6.07. The van der Waals surface area contributed by atoms with E-state index in [0.717, 1.165) is 24.1 Å². The van der Waals surface area contributed by atoms with Crippen molar-refractivity contribution in [2.24, 2.45) is 0 Å². The zero-order chi connectivity index (χ0) is 18.0. The van der Waals surface area contributed by atoms with Crippen molar-refractivity contribution >= 4 is 23.3 Å². The van der Waals surface area contributed by atoms with E-state index in [2.05, 4.69) is 0 Å². The molecule has 0 bridgehead atoms. The summed E-state index contributed by atoms with van der Waals surface area (Å²) in [7, 11) is 1.32. The molecule has 7 heteroatoms. The van der Waals surface area contributed by atoms with Gasteiger partial charge in [-0.15, -0.1) is 0 Å². The first-order chi connectivity index (χ1) is 12.0. The molecule has 0 saturated carbocycles. The van der Waals surface area contributed by atoms with Gasteiger partial charge < -0.3 is 9.64 Å². The molecule has 25 heavy (non-hydrogen) atoms. The second-order valence-corrected chi connectivity index (χ2v) is 5.70. The molecule has 7 nitrogen and oxygen atoms in total. The number of benzene rings is 2. The van der Waals surface area contributed by atoms with Crippen molar-refractivity contribution in [3.8, 4) is 0 Å². The molecule has 0 saturated heterocycles. The second kappa shape index (κ2) is 6.72. The van der Waals surface area contributed by atoms with Crippen LogP contribution < -0.4 is 4.90 Å². The maximum Gasteiger partial charge on any atom is 0.337 e. The Labute approximate surface area is 144 Å². The number of methoxy groups -OCH3 is 1. The first kappa shape index (κ1) is 16.6. The number of nitro benzene ring substituents is 1. The smallest absolute Gasteiger partial charge is 0.337 e. The number of nitrogens with zero attached hydrogens (tertiary/aromatic N) is 2. The lowest BCUT2D eigenvalue weighted by atomic mass is 9.98. The summed E-state index contributed by atoms with van der Waals surface area (Å²) >= 11 is 0. The highest BCUT2D eigenvalue weighted by Crippen LogP contribution is 2.30. The number of amides is 1.